The number of aromatic nitrogens is 1. The smallest absolute Gasteiger partial charge is 0.225 e. The molecule has 4 nitrogen and oxygen atoms in total. The molecule has 1 unspecified atom stereocenters. The van der Waals surface area contributed by atoms with E-state index in [1.54, 1.807) is 0 Å². The molecule has 0 aliphatic carbocycles. The van der Waals surface area contributed by atoms with Crippen molar-refractivity contribution in [3.05, 3.63) is 30.0 Å². The summed E-state index contributed by atoms with van der Waals surface area (Å²) in [6, 6.07) is 8.35. The third-order valence-corrected chi connectivity index (χ3v) is 4.60. The highest BCUT2D eigenvalue weighted by atomic mass is 32.2. The number of benzene rings is 1. The zero-order valence-electron chi connectivity index (χ0n) is 11.5. The topological polar surface area (TPSA) is 56.9 Å². The number of aryl methyl sites for hydroxylation is 1. The number of aromatic amines is 1. The van der Waals surface area contributed by atoms with Crippen molar-refractivity contribution >= 4 is 34.3 Å². The predicted molar refractivity (Wildman–Crippen MR) is 85.4 cm³/mol. The minimum absolute atomic E-state index is 0.0802. The fraction of sp³-hybridized carbons (Fsp3) is 0.400. The second kappa shape index (κ2) is 5.89. The van der Waals surface area contributed by atoms with Gasteiger partial charge in [0.25, 0.3) is 0 Å². The SMILES string of the molecule is Cc1cc2cc(NC(=O)CC3CSCCN3)ccc2[nH]1. The maximum Gasteiger partial charge on any atom is 0.225 e. The van der Waals surface area contributed by atoms with Crippen LogP contribution in [0.4, 0.5) is 5.69 Å². The molecule has 1 amide bonds. The Balaban J connectivity index is 1.64. The van der Waals surface area contributed by atoms with Crippen LogP contribution in [0, 0.1) is 6.92 Å². The summed E-state index contributed by atoms with van der Waals surface area (Å²) < 4.78 is 0. The minimum atomic E-state index is 0.0802. The standard InChI is InChI=1S/C15H19N3OS/c1-10-6-11-7-12(2-3-14(11)17-10)18-15(19)8-13-9-20-5-4-16-13/h2-3,6-7,13,16-17H,4-5,8-9H2,1H3,(H,18,19). The maximum atomic E-state index is 12.1. The van der Waals surface area contributed by atoms with E-state index in [-0.39, 0.29) is 5.91 Å². The third-order valence-electron chi connectivity index (χ3n) is 3.47. The van der Waals surface area contributed by atoms with E-state index in [0.717, 1.165) is 40.3 Å². The molecule has 0 saturated carbocycles. The van der Waals surface area contributed by atoms with Crippen molar-refractivity contribution in [1.82, 2.24) is 10.3 Å². The lowest BCUT2D eigenvalue weighted by Gasteiger charge is -2.22. The van der Waals surface area contributed by atoms with E-state index in [1.807, 2.05) is 36.9 Å². The zero-order valence-corrected chi connectivity index (χ0v) is 12.3. The lowest BCUT2D eigenvalue weighted by Crippen LogP contribution is -2.39. The molecule has 20 heavy (non-hydrogen) atoms. The molecule has 106 valence electrons. The first-order valence-electron chi connectivity index (χ1n) is 6.91. The molecule has 1 aromatic carbocycles. The molecular formula is C15H19N3OS. The monoisotopic (exact) mass is 289 g/mol. The Hall–Kier alpha value is -1.46. The van der Waals surface area contributed by atoms with E-state index >= 15 is 0 Å². The summed E-state index contributed by atoms with van der Waals surface area (Å²) in [5, 5.41) is 7.50. The van der Waals surface area contributed by atoms with Gasteiger partial charge in [0.05, 0.1) is 0 Å². The van der Waals surface area contributed by atoms with E-state index in [0.29, 0.717) is 12.5 Å². The molecule has 2 aromatic rings. The quantitative estimate of drug-likeness (QED) is 0.814. The van der Waals surface area contributed by atoms with Gasteiger partial charge in [-0.15, -0.1) is 0 Å². The highest BCUT2D eigenvalue weighted by Gasteiger charge is 2.16. The van der Waals surface area contributed by atoms with Crippen LogP contribution in [0.5, 0.6) is 0 Å². The Labute approximate surface area is 122 Å². The van der Waals surface area contributed by atoms with Crippen LogP contribution in [-0.2, 0) is 4.79 Å². The highest BCUT2D eigenvalue weighted by Crippen LogP contribution is 2.20. The molecule has 0 spiro atoms. The van der Waals surface area contributed by atoms with Crippen LogP contribution in [0.2, 0.25) is 0 Å². The number of carbonyl (C=O) groups is 1. The number of anilines is 1. The average molecular weight is 289 g/mol. The number of fused-ring (bicyclic) bond motifs is 1. The first kappa shape index (κ1) is 13.5. The van der Waals surface area contributed by atoms with Gasteiger partial charge in [-0.1, -0.05) is 0 Å². The molecule has 1 aliphatic heterocycles. The van der Waals surface area contributed by atoms with Crippen LogP contribution in [0.15, 0.2) is 24.3 Å². The fourth-order valence-corrected chi connectivity index (χ4v) is 3.49. The zero-order chi connectivity index (χ0) is 13.9. The molecule has 0 radical (unpaired) electrons. The molecule has 3 rings (SSSR count). The Bertz CT molecular complexity index is 617. The lowest BCUT2D eigenvalue weighted by molar-refractivity contribution is -0.116. The van der Waals surface area contributed by atoms with Gasteiger partial charge < -0.3 is 15.6 Å². The van der Waals surface area contributed by atoms with Crippen LogP contribution >= 0.6 is 11.8 Å². The van der Waals surface area contributed by atoms with Crippen molar-refractivity contribution in [3.8, 4) is 0 Å². The van der Waals surface area contributed by atoms with Gasteiger partial charge in [-0.25, -0.2) is 0 Å². The highest BCUT2D eigenvalue weighted by molar-refractivity contribution is 7.99. The number of nitrogens with one attached hydrogen (secondary N) is 3. The van der Waals surface area contributed by atoms with Crippen molar-refractivity contribution in [1.29, 1.82) is 0 Å². The molecule has 2 heterocycles. The Morgan fingerprint density at radius 1 is 1.45 bits per heavy atom. The number of thioether (sulfide) groups is 1. The number of carbonyl (C=O) groups excluding carboxylic acids is 1. The lowest BCUT2D eigenvalue weighted by atomic mass is 10.2. The van der Waals surface area contributed by atoms with Crippen LogP contribution in [0.1, 0.15) is 12.1 Å². The second-order valence-corrected chi connectivity index (χ2v) is 6.38. The number of rotatable bonds is 3. The minimum Gasteiger partial charge on any atom is -0.359 e. The van der Waals surface area contributed by atoms with E-state index in [1.165, 1.54) is 0 Å². The fourth-order valence-electron chi connectivity index (χ4n) is 2.54. The number of hydrogen-bond donors (Lipinski definition) is 3. The van der Waals surface area contributed by atoms with Gasteiger partial charge in [-0.2, -0.15) is 11.8 Å². The van der Waals surface area contributed by atoms with E-state index in [9.17, 15) is 4.79 Å². The Morgan fingerprint density at radius 3 is 3.15 bits per heavy atom. The molecule has 1 fully saturated rings. The first-order valence-corrected chi connectivity index (χ1v) is 8.06. The average Bonchev–Trinajstić information content (AvgIpc) is 2.79. The van der Waals surface area contributed by atoms with Gasteiger partial charge in [0, 0.05) is 52.8 Å². The summed E-state index contributed by atoms with van der Waals surface area (Å²) >= 11 is 1.91. The van der Waals surface area contributed by atoms with Gasteiger partial charge in [0.1, 0.15) is 0 Å². The number of amides is 1. The number of H-pyrrole nitrogens is 1. The van der Waals surface area contributed by atoms with Crippen molar-refractivity contribution in [2.75, 3.05) is 23.4 Å². The molecule has 5 heteroatoms. The van der Waals surface area contributed by atoms with Crippen molar-refractivity contribution in [2.24, 2.45) is 0 Å². The summed E-state index contributed by atoms with van der Waals surface area (Å²) in [4.78, 5) is 15.3. The van der Waals surface area contributed by atoms with Crippen LogP contribution in [0.25, 0.3) is 10.9 Å². The largest absolute Gasteiger partial charge is 0.359 e. The van der Waals surface area contributed by atoms with E-state index in [2.05, 4.69) is 21.7 Å². The molecule has 1 aromatic heterocycles. The summed E-state index contributed by atoms with van der Waals surface area (Å²) in [5.74, 6) is 2.24. The second-order valence-electron chi connectivity index (χ2n) is 5.23. The van der Waals surface area contributed by atoms with Crippen molar-refractivity contribution < 1.29 is 4.79 Å². The Morgan fingerprint density at radius 2 is 2.35 bits per heavy atom. The van der Waals surface area contributed by atoms with Gasteiger partial charge in [-0.05, 0) is 31.2 Å². The van der Waals surface area contributed by atoms with Gasteiger partial charge in [-0.3, -0.25) is 4.79 Å². The maximum absolute atomic E-state index is 12.1. The predicted octanol–water partition coefficient (Wildman–Crippen LogP) is 2.51. The van der Waals surface area contributed by atoms with E-state index < -0.39 is 0 Å². The molecule has 1 saturated heterocycles. The van der Waals surface area contributed by atoms with Crippen LogP contribution in [-0.4, -0.2) is 35.0 Å². The third kappa shape index (κ3) is 3.16. The van der Waals surface area contributed by atoms with Crippen molar-refractivity contribution in [2.45, 2.75) is 19.4 Å². The summed E-state index contributed by atoms with van der Waals surface area (Å²) in [6.45, 7) is 3.03. The van der Waals surface area contributed by atoms with Crippen molar-refractivity contribution in [3.63, 3.8) is 0 Å². The summed E-state index contributed by atoms with van der Waals surface area (Å²) in [6.07, 6.45) is 0.539. The van der Waals surface area contributed by atoms with Gasteiger partial charge in [0.2, 0.25) is 5.91 Å². The molecule has 1 atom stereocenters. The van der Waals surface area contributed by atoms with Crippen LogP contribution in [0.3, 0.4) is 0 Å². The number of hydrogen-bond acceptors (Lipinski definition) is 3. The van der Waals surface area contributed by atoms with Gasteiger partial charge >= 0.3 is 0 Å². The summed E-state index contributed by atoms with van der Waals surface area (Å²) in [7, 11) is 0. The molecule has 1 aliphatic rings. The normalized spacial score (nSPS) is 19.1. The molecular weight excluding hydrogens is 270 g/mol. The summed E-state index contributed by atoms with van der Waals surface area (Å²) in [5.41, 5.74) is 3.10. The van der Waals surface area contributed by atoms with Crippen LogP contribution < -0.4 is 10.6 Å². The molecule has 0 bridgehead atoms. The first-order chi connectivity index (χ1) is 9.70. The Kier molecular flexibility index (Phi) is 3.98. The van der Waals surface area contributed by atoms with Gasteiger partial charge in [0.15, 0.2) is 0 Å². The molecule has 3 N–H and O–H groups in total. The van der Waals surface area contributed by atoms with E-state index in [4.69, 9.17) is 0 Å².